The zero-order valence-corrected chi connectivity index (χ0v) is 12.0. The average molecular weight is 315 g/mol. The summed E-state index contributed by atoms with van der Waals surface area (Å²) < 4.78 is 0.857. The zero-order valence-electron chi connectivity index (χ0n) is 9.64. The number of nitrogens with zero attached hydrogens (tertiary/aromatic N) is 1. The van der Waals surface area contributed by atoms with Crippen LogP contribution in [-0.4, -0.2) is 11.5 Å². The van der Waals surface area contributed by atoms with Crippen LogP contribution in [0, 0.1) is 6.92 Å². The lowest BCUT2D eigenvalue weighted by atomic mass is 10.1. The second kappa shape index (κ2) is 4.70. The minimum absolute atomic E-state index is 0.610. The number of hydrogen-bond acceptors (Lipinski definition) is 3. The Kier molecular flexibility index (Phi) is 3.45. The van der Waals surface area contributed by atoms with Crippen molar-refractivity contribution in [3.05, 3.63) is 27.3 Å². The van der Waals surface area contributed by atoms with Gasteiger partial charge in [0, 0.05) is 16.4 Å². The molecule has 0 saturated heterocycles. The first kappa shape index (κ1) is 12.5. The van der Waals surface area contributed by atoms with Crippen molar-refractivity contribution >= 4 is 49.8 Å². The third kappa shape index (κ3) is 2.07. The maximum atomic E-state index is 6.33. The molecule has 90 valence electrons. The Morgan fingerprint density at radius 3 is 2.88 bits per heavy atom. The number of rotatable bonds is 2. The van der Waals surface area contributed by atoms with Crippen LogP contribution in [0.3, 0.4) is 0 Å². The molecular weight excluding hydrogens is 302 g/mol. The zero-order chi connectivity index (χ0) is 12.6. The van der Waals surface area contributed by atoms with Gasteiger partial charge in [0.05, 0.1) is 28.1 Å². The number of nitrogens with two attached hydrogens (primary N) is 1. The molecule has 5 heteroatoms. The summed E-state index contributed by atoms with van der Waals surface area (Å²) in [5, 5.41) is 4.76. The Balaban J connectivity index is 2.91. The molecule has 0 aliphatic heterocycles. The topological polar surface area (TPSA) is 50.9 Å². The molecule has 0 unspecified atom stereocenters. The van der Waals surface area contributed by atoms with Gasteiger partial charge in [0.2, 0.25) is 0 Å². The van der Waals surface area contributed by atoms with Crippen LogP contribution in [0.1, 0.15) is 12.5 Å². The van der Waals surface area contributed by atoms with Gasteiger partial charge in [-0.05, 0) is 41.4 Å². The largest absolute Gasteiger partial charge is 0.396 e. The molecule has 3 N–H and O–H groups in total. The summed E-state index contributed by atoms with van der Waals surface area (Å²) in [6.07, 6.45) is 1.66. The molecule has 0 radical (unpaired) electrons. The third-order valence-electron chi connectivity index (χ3n) is 2.61. The van der Waals surface area contributed by atoms with E-state index in [9.17, 15) is 0 Å². The summed E-state index contributed by atoms with van der Waals surface area (Å²) in [6.45, 7) is 4.80. The highest BCUT2D eigenvalue weighted by Gasteiger charge is 2.14. The predicted octanol–water partition coefficient (Wildman–Crippen LogP) is 3.97. The summed E-state index contributed by atoms with van der Waals surface area (Å²) in [7, 11) is 0. The van der Waals surface area contributed by atoms with Crippen molar-refractivity contribution in [2.24, 2.45) is 0 Å². The van der Waals surface area contributed by atoms with Gasteiger partial charge in [0.25, 0.3) is 0 Å². The number of benzene rings is 1. The first-order valence-corrected chi connectivity index (χ1v) is 6.50. The Bertz CT molecular complexity index is 584. The molecule has 0 saturated carbocycles. The minimum atomic E-state index is 0.610. The van der Waals surface area contributed by atoms with E-state index < -0.39 is 0 Å². The lowest BCUT2D eigenvalue weighted by molar-refractivity contribution is 1.21. The standard InChI is InChI=1S/C12H13BrClN3/c1-3-16-12-8(15)5-17-11-6(2)4-7(13)10(14)9(11)12/h4-5H,3,15H2,1-2H3,(H,16,17). The maximum Gasteiger partial charge on any atom is 0.0769 e. The Labute approximate surface area is 113 Å². The molecule has 0 aliphatic carbocycles. The number of nitrogens with one attached hydrogen (secondary N) is 1. The van der Waals surface area contributed by atoms with Gasteiger partial charge in [-0.3, -0.25) is 4.98 Å². The summed E-state index contributed by atoms with van der Waals surface area (Å²) in [4.78, 5) is 4.35. The van der Waals surface area contributed by atoms with Crippen molar-refractivity contribution in [1.29, 1.82) is 0 Å². The molecule has 1 aromatic carbocycles. The quantitative estimate of drug-likeness (QED) is 0.881. The van der Waals surface area contributed by atoms with E-state index in [1.54, 1.807) is 6.20 Å². The molecule has 0 aliphatic rings. The number of anilines is 2. The molecule has 1 aromatic heterocycles. The van der Waals surface area contributed by atoms with Gasteiger partial charge in [-0.15, -0.1) is 0 Å². The van der Waals surface area contributed by atoms with Crippen molar-refractivity contribution < 1.29 is 0 Å². The first-order valence-electron chi connectivity index (χ1n) is 5.33. The number of fused-ring (bicyclic) bond motifs is 1. The van der Waals surface area contributed by atoms with Gasteiger partial charge in [-0.25, -0.2) is 0 Å². The lowest BCUT2D eigenvalue weighted by Crippen LogP contribution is -2.03. The van der Waals surface area contributed by atoms with E-state index in [-0.39, 0.29) is 0 Å². The number of aryl methyl sites for hydroxylation is 1. The fourth-order valence-electron chi connectivity index (χ4n) is 1.85. The van der Waals surface area contributed by atoms with E-state index in [0.717, 1.165) is 33.2 Å². The smallest absolute Gasteiger partial charge is 0.0769 e. The number of hydrogen-bond donors (Lipinski definition) is 2. The van der Waals surface area contributed by atoms with E-state index >= 15 is 0 Å². The van der Waals surface area contributed by atoms with Crippen molar-refractivity contribution in [2.45, 2.75) is 13.8 Å². The molecule has 2 rings (SSSR count). The van der Waals surface area contributed by atoms with Crippen LogP contribution >= 0.6 is 27.5 Å². The molecule has 17 heavy (non-hydrogen) atoms. The van der Waals surface area contributed by atoms with Crippen LogP contribution in [0.2, 0.25) is 5.02 Å². The van der Waals surface area contributed by atoms with E-state index in [1.165, 1.54) is 0 Å². The van der Waals surface area contributed by atoms with Crippen molar-refractivity contribution in [2.75, 3.05) is 17.6 Å². The van der Waals surface area contributed by atoms with Crippen LogP contribution in [0.4, 0.5) is 11.4 Å². The second-order valence-electron chi connectivity index (χ2n) is 3.83. The van der Waals surface area contributed by atoms with Gasteiger partial charge in [0.15, 0.2) is 0 Å². The number of pyridine rings is 1. The number of halogens is 2. The molecule has 1 heterocycles. The molecule has 2 aromatic rings. The molecule has 0 amide bonds. The summed E-state index contributed by atoms with van der Waals surface area (Å²) in [5.41, 5.74) is 9.35. The predicted molar refractivity (Wildman–Crippen MR) is 77.8 cm³/mol. The highest BCUT2D eigenvalue weighted by Crippen LogP contribution is 2.39. The summed E-state index contributed by atoms with van der Waals surface area (Å²) in [5.74, 6) is 0. The molecular formula is C12H13BrClN3. The Hall–Kier alpha value is -1.000. The van der Waals surface area contributed by atoms with Gasteiger partial charge in [0.1, 0.15) is 0 Å². The van der Waals surface area contributed by atoms with Crippen molar-refractivity contribution in [3.8, 4) is 0 Å². The summed E-state index contributed by atoms with van der Waals surface area (Å²) >= 11 is 9.78. The van der Waals surface area contributed by atoms with Crippen LogP contribution < -0.4 is 11.1 Å². The Morgan fingerprint density at radius 1 is 1.53 bits per heavy atom. The second-order valence-corrected chi connectivity index (χ2v) is 5.06. The highest BCUT2D eigenvalue weighted by atomic mass is 79.9. The number of nitrogen functional groups attached to an aromatic ring is 1. The van der Waals surface area contributed by atoms with Crippen molar-refractivity contribution in [1.82, 2.24) is 4.98 Å². The molecule has 0 fully saturated rings. The molecule has 0 atom stereocenters. The van der Waals surface area contributed by atoms with E-state index in [4.69, 9.17) is 17.3 Å². The summed E-state index contributed by atoms with van der Waals surface area (Å²) in [6, 6.07) is 1.96. The normalized spacial score (nSPS) is 10.8. The molecule has 0 spiro atoms. The van der Waals surface area contributed by atoms with Gasteiger partial charge in [-0.2, -0.15) is 0 Å². The van der Waals surface area contributed by atoms with Gasteiger partial charge < -0.3 is 11.1 Å². The van der Waals surface area contributed by atoms with Crippen LogP contribution in [0.15, 0.2) is 16.7 Å². The van der Waals surface area contributed by atoms with E-state index in [2.05, 4.69) is 26.2 Å². The van der Waals surface area contributed by atoms with E-state index in [0.29, 0.717) is 10.7 Å². The van der Waals surface area contributed by atoms with Gasteiger partial charge in [-0.1, -0.05) is 11.6 Å². The number of aromatic nitrogens is 1. The monoisotopic (exact) mass is 313 g/mol. The van der Waals surface area contributed by atoms with Crippen molar-refractivity contribution in [3.63, 3.8) is 0 Å². The van der Waals surface area contributed by atoms with Crippen LogP contribution in [-0.2, 0) is 0 Å². The fraction of sp³-hybridized carbons (Fsp3) is 0.250. The fourth-order valence-corrected chi connectivity index (χ4v) is 2.63. The minimum Gasteiger partial charge on any atom is -0.396 e. The third-order valence-corrected chi connectivity index (χ3v) is 3.85. The lowest BCUT2D eigenvalue weighted by Gasteiger charge is -2.14. The van der Waals surface area contributed by atoms with Crippen LogP contribution in [0.25, 0.3) is 10.9 Å². The van der Waals surface area contributed by atoms with Gasteiger partial charge >= 0.3 is 0 Å². The molecule has 3 nitrogen and oxygen atoms in total. The maximum absolute atomic E-state index is 6.33. The first-order chi connectivity index (χ1) is 8.06. The molecule has 0 bridgehead atoms. The average Bonchev–Trinajstić information content (AvgIpc) is 2.29. The Morgan fingerprint density at radius 2 is 2.24 bits per heavy atom. The highest BCUT2D eigenvalue weighted by molar-refractivity contribution is 9.10. The van der Waals surface area contributed by atoms with Crippen LogP contribution in [0.5, 0.6) is 0 Å². The SMILES string of the molecule is CCNc1c(N)cnc2c(C)cc(Br)c(Cl)c12. The van der Waals surface area contributed by atoms with E-state index in [1.807, 2.05) is 19.9 Å².